The number of anilines is 1. The van der Waals surface area contributed by atoms with Gasteiger partial charge in [-0.05, 0) is 31.0 Å². The van der Waals surface area contributed by atoms with Crippen LogP contribution in [-0.4, -0.2) is 49.0 Å². The highest BCUT2D eigenvalue weighted by Gasteiger charge is 2.30. The van der Waals surface area contributed by atoms with Crippen molar-refractivity contribution in [3.63, 3.8) is 0 Å². The number of nitrogens with zero attached hydrogens (tertiary/aromatic N) is 4. The zero-order valence-electron chi connectivity index (χ0n) is 14.8. The Balaban J connectivity index is 1.99. The Hall–Kier alpha value is -1.69. The van der Waals surface area contributed by atoms with Gasteiger partial charge in [0, 0.05) is 19.1 Å². The maximum atomic E-state index is 12.8. The van der Waals surface area contributed by atoms with Crippen LogP contribution in [0.2, 0.25) is 5.02 Å². The van der Waals surface area contributed by atoms with Crippen molar-refractivity contribution >= 4 is 37.6 Å². The second-order valence-electron chi connectivity index (χ2n) is 6.08. The van der Waals surface area contributed by atoms with E-state index in [1.165, 1.54) is 22.8 Å². The molecule has 0 radical (unpaired) electrons. The highest BCUT2D eigenvalue weighted by atomic mass is 35.5. The molecule has 3 rings (SSSR count). The third-order valence-electron chi connectivity index (χ3n) is 4.27. The molecule has 1 aliphatic carbocycles. The minimum absolute atomic E-state index is 0.0746. The topological polar surface area (TPSA) is 114 Å². The summed E-state index contributed by atoms with van der Waals surface area (Å²) in [6.45, 7) is 3.96. The zero-order valence-corrected chi connectivity index (χ0v) is 17.2. The number of nitrogens with one attached hydrogen (secondary N) is 1. The van der Waals surface area contributed by atoms with Gasteiger partial charge in [-0.2, -0.15) is 4.31 Å². The van der Waals surface area contributed by atoms with E-state index in [0.29, 0.717) is 0 Å². The molecule has 12 heteroatoms. The van der Waals surface area contributed by atoms with Crippen molar-refractivity contribution in [3.05, 3.63) is 29.5 Å². The standard InChI is InChI=1S/C15H20ClN5O4S2/c1-3-20(4-2)27(24,25)12-7-8-13(16)14(9-12)26(22,23)19-15-18-17-10-21(15)11-5-6-11/h7-11H,3-6H2,1-2H3,(H,18,19). The van der Waals surface area contributed by atoms with Crippen LogP contribution in [0.3, 0.4) is 0 Å². The first-order chi connectivity index (χ1) is 12.7. The van der Waals surface area contributed by atoms with Crippen LogP contribution in [0.4, 0.5) is 5.95 Å². The molecule has 1 aromatic carbocycles. The van der Waals surface area contributed by atoms with Crippen molar-refractivity contribution in [2.75, 3.05) is 17.8 Å². The summed E-state index contributed by atoms with van der Waals surface area (Å²) in [4.78, 5) is -0.470. The summed E-state index contributed by atoms with van der Waals surface area (Å²) in [5.41, 5.74) is 0. The van der Waals surface area contributed by atoms with E-state index in [1.807, 2.05) is 0 Å². The first-order valence-corrected chi connectivity index (χ1v) is 11.7. The summed E-state index contributed by atoms with van der Waals surface area (Å²) >= 11 is 6.06. The van der Waals surface area contributed by atoms with Gasteiger partial charge < -0.3 is 0 Å². The van der Waals surface area contributed by atoms with E-state index in [-0.39, 0.29) is 39.9 Å². The van der Waals surface area contributed by atoms with E-state index in [9.17, 15) is 16.8 Å². The molecule has 1 aromatic heterocycles. The van der Waals surface area contributed by atoms with Gasteiger partial charge in [0.05, 0.1) is 9.92 Å². The molecule has 1 aliphatic rings. The Labute approximate surface area is 163 Å². The maximum Gasteiger partial charge on any atom is 0.265 e. The molecule has 1 N–H and O–H groups in total. The highest BCUT2D eigenvalue weighted by Crippen LogP contribution is 2.37. The molecule has 0 unspecified atom stereocenters. The summed E-state index contributed by atoms with van der Waals surface area (Å²) in [5.74, 6) is 0.0746. The Morgan fingerprint density at radius 1 is 1.22 bits per heavy atom. The molecule has 1 saturated carbocycles. The van der Waals surface area contributed by atoms with Crippen molar-refractivity contribution in [1.29, 1.82) is 0 Å². The predicted molar refractivity (Wildman–Crippen MR) is 101 cm³/mol. The lowest BCUT2D eigenvalue weighted by atomic mass is 10.4. The van der Waals surface area contributed by atoms with E-state index < -0.39 is 20.0 Å². The molecule has 0 saturated heterocycles. The number of halogens is 1. The Bertz CT molecular complexity index is 1040. The number of sulfonamides is 2. The second-order valence-corrected chi connectivity index (χ2v) is 10.1. The molecule has 2 aromatic rings. The third-order valence-corrected chi connectivity index (χ3v) is 8.13. The van der Waals surface area contributed by atoms with E-state index in [0.717, 1.165) is 18.9 Å². The lowest BCUT2D eigenvalue weighted by Gasteiger charge is -2.19. The Kier molecular flexibility index (Phi) is 5.48. The van der Waals surface area contributed by atoms with Crippen LogP contribution in [0.15, 0.2) is 34.3 Å². The summed E-state index contributed by atoms with van der Waals surface area (Å²) in [7, 11) is -7.98. The Morgan fingerprint density at radius 3 is 2.48 bits per heavy atom. The summed E-state index contributed by atoms with van der Waals surface area (Å²) in [5, 5.41) is 7.45. The van der Waals surface area contributed by atoms with E-state index in [4.69, 9.17) is 11.6 Å². The smallest absolute Gasteiger partial charge is 0.265 e. The van der Waals surface area contributed by atoms with Crippen LogP contribution in [0.1, 0.15) is 32.7 Å². The average molecular weight is 434 g/mol. The lowest BCUT2D eigenvalue weighted by Crippen LogP contribution is -2.30. The average Bonchev–Trinajstić information content (AvgIpc) is 3.35. The van der Waals surface area contributed by atoms with Gasteiger partial charge in [0.1, 0.15) is 11.2 Å². The number of aromatic nitrogens is 3. The largest absolute Gasteiger partial charge is 0.296 e. The van der Waals surface area contributed by atoms with Gasteiger partial charge in [-0.25, -0.2) is 21.6 Å². The quantitative estimate of drug-likeness (QED) is 0.681. The van der Waals surface area contributed by atoms with E-state index in [2.05, 4.69) is 14.9 Å². The highest BCUT2D eigenvalue weighted by molar-refractivity contribution is 7.93. The summed E-state index contributed by atoms with van der Waals surface area (Å²) in [6, 6.07) is 3.79. The monoisotopic (exact) mass is 433 g/mol. The number of rotatable bonds is 8. The van der Waals surface area contributed by atoms with Crippen LogP contribution >= 0.6 is 11.6 Å². The van der Waals surface area contributed by atoms with Gasteiger partial charge in [0.15, 0.2) is 0 Å². The predicted octanol–water partition coefficient (Wildman–Crippen LogP) is 2.10. The van der Waals surface area contributed by atoms with Crippen LogP contribution in [-0.2, 0) is 20.0 Å². The zero-order chi connectivity index (χ0) is 19.8. The Morgan fingerprint density at radius 2 is 1.89 bits per heavy atom. The van der Waals surface area contributed by atoms with E-state index in [1.54, 1.807) is 18.4 Å². The number of hydrogen-bond donors (Lipinski definition) is 1. The molecule has 0 aliphatic heterocycles. The van der Waals surface area contributed by atoms with Gasteiger partial charge in [-0.3, -0.25) is 4.57 Å². The van der Waals surface area contributed by atoms with Crippen molar-refractivity contribution < 1.29 is 16.8 Å². The molecular weight excluding hydrogens is 414 g/mol. The fourth-order valence-electron chi connectivity index (χ4n) is 2.67. The molecule has 0 bridgehead atoms. The van der Waals surface area contributed by atoms with Crippen molar-refractivity contribution in [2.45, 2.75) is 42.5 Å². The molecule has 1 heterocycles. The van der Waals surface area contributed by atoms with Gasteiger partial charge in [0.25, 0.3) is 10.0 Å². The SMILES string of the molecule is CCN(CC)S(=O)(=O)c1ccc(Cl)c(S(=O)(=O)Nc2nncn2C2CC2)c1. The van der Waals surface area contributed by atoms with E-state index >= 15 is 0 Å². The number of hydrogen-bond acceptors (Lipinski definition) is 6. The fraction of sp³-hybridized carbons (Fsp3) is 0.467. The normalized spacial score (nSPS) is 15.3. The van der Waals surface area contributed by atoms with Gasteiger partial charge in [-0.1, -0.05) is 25.4 Å². The van der Waals surface area contributed by atoms with Gasteiger partial charge in [-0.15, -0.1) is 10.2 Å². The minimum atomic E-state index is -4.15. The van der Waals surface area contributed by atoms with Crippen LogP contribution in [0.5, 0.6) is 0 Å². The fourth-order valence-corrected chi connectivity index (χ4v) is 5.76. The molecule has 0 spiro atoms. The molecule has 9 nitrogen and oxygen atoms in total. The molecular formula is C15H20ClN5O4S2. The summed E-state index contributed by atoms with van der Waals surface area (Å²) in [6.07, 6.45) is 3.30. The summed E-state index contributed by atoms with van der Waals surface area (Å²) < 4.78 is 56.3. The van der Waals surface area contributed by atoms with Crippen LogP contribution < -0.4 is 4.72 Å². The molecule has 148 valence electrons. The van der Waals surface area contributed by atoms with Crippen molar-refractivity contribution in [1.82, 2.24) is 19.1 Å². The molecule has 27 heavy (non-hydrogen) atoms. The first-order valence-electron chi connectivity index (χ1n) is 8.42. The minimum Gasteiger partial charge on any atom is -0.296 e. The maximum absolute atomic E-state index is 12.8. The molecule has 1 fully saturated rings. The first kappa shape index (κ1) is 20.1. The van der Waals surface area contributed by atoms with Crippen LogP contribution in [0, 0.1) is 0 Å². The van der Waals surface area contributed by atoms with Gasteiger partial charge >= 0.3 is 0 Å². The molecule has 0 amide bonds. The number of benzene rings is 1. The van der Waals surface area contributed by atoms with Crippen molar-refractivity contribution in [3.8, 4) is 0 Å². The lowest BCUT2D eigenvalue weighted by molar-refractivity contribution is 0.445. The van der Waals surface area contributed by atoms with Gasteiger partial charge in [0.2, 0.25) is 16.0 Å². The van der Waals surface area contributed by atoms with Crippen LogP contribution in [0.25, 0.3) is 0 Å². The molecule has 0 atom stereocenters. The second kappa shape index (κ2) is 7.38. The van der Waals surface area contributed by atoms with Crippen molar-refractivity contribution in [2.24, 2.45) is 0 Å². The third kappa shape index (κ3) is 3.96.